The van der Waals surface area contributed by atoms with Gasteiger partial charge in [0.25, 0.3) is 10.0 Å². The van der Waals surface area contributed by atoms with Gasteiger partial charge in [-0.1, -0.05) is 47.5 Å². The first kappa shape index (κ1) is 30.7. The third-order valence-electron chi connectivity index (χ3n) is 6.59. The van der Waals surface area contributed by atoms with Gasteiger partial charge >= 0.3 is 0 Å². The van der Waals surface area contributed by atoms with Crippen LogP contribution >= 0.6 is 0 Å². The monoisotopic (exact) mass is 565 g/mol. The average Bonchev–Trinajstić information content (AvgIpc) is 2.90. The standard InChI is InChI=1S/C31H39N3O5S/c1-21(2)32-31(36)25(6)33(19-26-9-8-10-27(18-26)39-7)30(35)20-34(29-16-13-23(4)17-24(29)5)40(37,38)28-14-11-22(3)12-15-28/h8-18,21,25H,19-20H2,1-7H3,(H,32,36). The first-order valence-corrected chi connectivity index (χ1v) is 14.7. The van der Waals surface area contributed by atoms with Gasteiger partial charge in [-0.3, -0.25) is 13.9 Å². The normalized spacial score (nSPS) is 12.1. The molecule has 0 fully saturated rings. The van der Waals surface area contributed by atoms with Gasteiger partial charge in [0.05, 0.1) is 17.7 Å². The Morgan fingerprint density at radius 3 is 2.15 bits per heavy atom. The minimum atomic E-state index is -4.12. The molecule has 0 spiro atoms. The topological polar surface area (TPSA) is 96.0 Å². The van der Waals surface area contributed by atoms with Gasteiger partial charge in [0, 0.05) is 12.6 Å². The summed E-state index contributed by atoms with van der Waals surface area (Å²) in [7, 11) is -2.56. The number of rotatable bonds is 11. The van der Waals surface area contributed by atoms with Gasteiger partial charge in [0.1, 0.15) is 18.3 Å². The first-order valence-electron chi connectivity index (χ1n) is 13.2. The SMILES string of the molecule is COc1cccc(CN(C(=O)CN(c2ccc(C)cc2C)S(=O)(=O)c2ccc(C)cc2)C(C)C(=O)NC(C)C)c1. The van der Waals surface area contributed by atoms with Crippen molar-refractivity contribution in [3.8, 4) is 5.75 Å². The zero-order chi connectivity index (χ0) is 29.6. The number of ether oxygens (including phenoxy) is 1. The number of carbonyl (C=O) groups excluding carboxylic acids is 2. The molecule has 1 N–H and O–H groups in total. The fourth-order valence-corrected chi connectivity index (χ4v) is 5.87. The van der Waals surface area contributed by atoms with Crippen molar-refractivity contribution >= 4 is 27.5 Å². The summed E-state index contributed by atoms with van der Waals surface area (Å²) in [5.74, 6) is -0.223. The number of anilines is 1. The van der Waals surface area contributed by atoms with Crippen LogP contribution in [0.15, 0.2) is 71.6 Å². The maximum absolute atomic E-state index is 14.0. The second-order valence-electron chi connectivity index (χ2n) is 10.3. The number of nitrogens with zero attached hydrogens (tertiary/aromatic N) is 2. The molecule has 2 amide bonds. The van der Waals surface area contributed by atoms with E-state index < -0.39 is 28.5 Å². The number of carbonyl (C=O) groups is 2. The van der Waals surface area contributed by atoms with Gasteiger partial charge in [-0.2, -0.15) is 0 Å². The molecule has 1 atom stereocenters. The lowest BCUT2D eigenvalue weighted by Gasteiger charge is -2.33. The largest absolute Gasteiger partial charge is 0.497 e. The van der Waals surface area contributed by atoms with Crippen molar-refractivity contribution < 1.29 is 22.7 Å². The highest BCUT2D eigenvalue weighted by Gasteiger charge is 2.33. The molecule has 0 aromatic heterocycles. The molecule has 0 bridgehead atoms. The van der Waals surface area contributed by atoms with Crippen LogP contribution in [0.1, 0.15) is 43.0 Å². The zero-order valence-electron chi connectivity index (χ0n) is 24.3. The van der Waals surface area contributed by atoms with E-state index in [2.05, 4.69) is 5.32 Å². The van der Waals surface area contributed by atoms with Crippen LogP contribution < -0.4 is 14.4 Å². The molecule has 3 aromatic carbocycles. The van der Waals surface area contributed by atoms with Crippen molar-refractivity contribution in [3.05, 3.63) is 89.0 Å². The van der Waals surface area contributed by atoms with Crippen LogP contribution in [0.2, 0.25) is 0 Å². The third-order valence-corrected chi connectivity index (χ3v) is 8.37. The molecule has 3 rings (SSSR count). The van der Waals surface area contributed by atoms with E-state index in [1.54, 1.807) is 62.6 Å². The molecule has 8 nitrogen and oxygen atoms in total. The highest BCUT2D eigenvalue weighted by atomic mass is 32.2. The van der Waals surface area contributed by atoms with E-state index in [-0.39, 0.29) is 23.4 Å². The molecule has 9 heteroatoms. The first-order chi connectivity index (χ1) is 18.8. The number of methoxy groups -OCH3 is 1. The maximum atomic E-state index is 14.0. The molecule has 0 aliphatic rings. The molecule has 0 saturated carbocycles. The van der Waals surface area contributed by atoms with Crippen molar-refractivity contribution in [2.45, 2.75) is 65.1 Å². The molecule has 0 radical (unpaired) electrons. The lowest BCUT2D eigenvalue weighted by molar-refractivity contribution is -0.139. The number of benzene rings is 3. The van der Waals surface area contributed by atoms with Gasteiger partial charge in [-0.15, -0.1) is 0 Å². The van der Waals surface area contributed by atoms with Crippen molar-refractivity contribution in [2.75, 3.05) is 18.0 Å². The fourth-order valence-electron chi connectivity index (χ4n) is 4.39. The maximum Gasteiger partial charge on any atom is 0.264 e. The number of hydrogen-bond donors (Lipinski definition) is 1. The van der Waals surface area contributed by atoms with E-state index >= 15 is 0 Å². The molecular weight excluding hydrogens is 526 g/mol. The predicted molar refractivity (Wildman–Crippen MR) is 158 cm³/mol. The van der Waals surface area contributed by atoms with E-state index in [1.807, 2.05) is 52.8 Å². The average molecular weight is 566 g/mol. The van der Waals surface area contributed by atoms with Crippen molar-refractivity contribution in [1.29, 1.82) is 0 Å². The van der Waals surface area contributed by atoms with Gasteiger partial charge in [-0.05, 0) is 83.0 Å². The van der Waals surface area contributed by atoms with Crippen LogP contribution in [0.4, 0.5) is 5.69 Å². The Balaban J connectivity index is 2.07. The molecule has 0 heterocycles. The van der Waals surface area contributed by atoms with Gasteiger partial charge < -0.3 is 15.0 Å². The summed E-state index contributed by atoms with van der Waals surface area (Å²) in [4.78, 5) is 28.6. The molecule has 3 aromatic rings. The van der Waals surface area contributed by atoms with E-state index in [0.717, 1.165) is 21.0 Å². The van der Waals surface area contributed by atoms with Crippen molar-refractivity contribution in [2.24, 2.45) is 0 Å². The summed E-state index contributed by atoms with van der Waals surface area (Å²) >= 11 is 0. The molecule has 214 valence electrons. The van der Waals surface area contributed by atoms with Gasteiger partial charge in [0.2, 0.25) is 11.8 Å². The van der Waals surface area contributed by atoms with Crippen molar-refractivity contribution in [3.63, 3.8) is 0 Å². The zero-order valence-corrected chi connectivity index (χ0v) is 25.1. The van der Waals surface area contributed by atoms with Gasteiger partial charge in [-0.25, -0.2) is 8.42 Å². The van der Waals surface area contributed by atoms with Crippen LogP contribution in [-0.2, 0) is 26.2 Å². The molecule has 0 saturated heterocycles. The summed E-state index contributed by atoms with van der Waals surface area (Å²) < 4.78 is 34.5. The molecule has 40 heavy (non-hydrogen) atoms. The third kappa shape index (κ3) is 7.41. The van der Waals surface area contributed by atoms with Gasteiger partial charge in [0.15, 0.2) is 0 Å². The summed E-state index contributed by atoms with van der Waals surface area (Å²) in [6.45, 7) is 10.6. The van der Waals surface area contributed by atoms with Crippen LogP contribution in [0.3, 0.4) is 0 Å². The summed E-state index contributed by atoms with van der Waals surface area (Å²) in [6, 6.07) is 18.2. The van der Waals surface area contributed by atoms with Crippen LogP contribution in [0.5, 0.6) is 5.75 Å². The summed E-state index contributed by atoms with van der Waals surface area (Å²) in [5.41, 5.74) is 3.76. The van der Waals surface area contributed by atoms with E-state index in [4.69, 9.17) is 4.74 Å². The van der Waals surface area contributed by atoms with Crippen LogP contribution in [-0.4, -0.2) is 50.9 Å². The predicted octanol–water partition coefficient (Wildman–Crippen LogP) is 4.76. The smallest absolute Gasteiger partial charge is 0.264 e. The quantitative estimate of drug-likeness (QED) is 0.362. The molecule has 0 aliphatic heterocycles. The van der Waals surface area contributed by atoms with Crippen molar-refractivity contribution in [1.82, 2.24) is 10.2 Å². The lowest BCUT2D eigenvalue weighted by Crippen LogP contribution is -2.52. The van der Waals surface area contributed by atoms with E-state index in [1.165, 1.54) is 4.90 Å². The summed E-state index contributed by atoms with van der Waals surface area (Å²) in [6.07, 6.45) is 0. The summed E-state index contributed by atoms with van der Waals surface area (Å²) in [5, 5.41) is 2.86. The van der Waals surface area contributed by atoms with E-state index in [9.17, 15) is 18.0 Å². The minimum absolute atomic E-state index is 0.0795. The number of aryl methyl sites for hydroxylation is 3. The lowest BCUT2D eigenvalue weighted by atomic mass is 10.1. The molecular formula is C31H39N3O5S. The van der Waals surface area contributed by atoms with Crippen LogP contribution in [0.25, 0.3) is 0 Å². The fraction of sp³-hybridized carbons (Fsp3) is 0.355. The second kappa shape index (κ2) is 13.0. The number of hydrogen-bond acceptors (Lipinski definition) is 5. The Hall–Kier alpha value is -3.85. The Morgan fingerprint density at radius 1 is 0.900 bits per heavy atom. The molecule has 0 aliphatic carbocycles. The van der Waals surface area contributed by atoms with Crippen LogP contribution in [0, 0.1) is 20.8 Å². The molecule has 1 unspecified atom stereocenters. The highest BCUT2D eigenvalue weighted by Crippen LogP contribution is 2.28. The second-order valence-corrected chi connectivity index (χ2v) is 12.2. The van der Waals surface area contributed by atoms with E-state index in [0.29, 0.717) is 17.0 Å². The highest BCUT2D eigenvalue weighted by molar-refractivity contribution is 7.92. The number of sulfonamides is 1. The number of amides is 2. The Kier molecular flexibility index (Phi) is 9.98. The Morgan fingerprint density at radius 2 is 1.55 bits per heavy atom. The Bertz CT molecular complexity index is 1450. The minimum Gasteiger partial charge on any atom is -0.497 e. The Labute approximate surface area is 238 Å². The number of nitrogens with one attached hydrogen (secondary N) is 1.